The van der Waals surface area contributed by atoms with Gasteiger partial charge in [-0.3, -0.25) is 14.6 Å². The van der Waals surface area contributed by atoms with Crippen molar-refractivity contribution in [2.24, 2.45) is 22.2 Å². The summed E-state index contributed by atoms with van der Waals surface area (Å²) in [6, 6.07) is -0.939. The Balaban J connectivity index is 2.34. The maximum atomic E-state index is 11.9. The van der Waals surface area contributed by atoms with Crippen molar-refractivity contribution in [3.63, 3.8) is 0 Å². The lowest BCUT2D eigenvalue weighted by atomic mass is 10.0. The smallest absolute Gasteiger partial charge is 0.243 e. The first-order valence-corrected chi connectivity index (χ1v) is 6.90. The Kier molecular flexibility index (Phi) is 6.78. The number of aliphatic imine (C=N–C) groups is 1. The van der Waals surface area contributed by atoms with Crippen LogP contribution in [0.25, 0.3) is 0 Å². The van der Waals surface area contributed by atoms with Crippen LogP contribution in [0.15, 0.2) is 4.99 Å². The molecular formula is C12H24N6O2. The van der Waals surface area contributed by atoms with E-state index in [1.54, 1.807) is 0 Å². The molecule has 1 heterocycles. The highest BCUT2D eigenvalue weighted by Crippen LogP contribution is 2.09. The fourth-order valence-electron chi connectivity index (χ4n) is 2.08. The third kappa shape index (κ3) is 5.43. The Bertz CT molecular complexity index is 367. The molecule has 2 amide bonds. The lowest BCUT2D eigenvalue weighted by Gasteiger charge is -2.29. The van der Waals surface area contributed by atoms with E-state index in [0.717, 1.165) is 12.8 Å². The molecule has 1 aliphatic rings. The summed E-state index contributed by atoms with van der Waals surface area (Å²) < 4.78 is 0. The molecule has 0 saturated carbocycles. The summed E-state index contributed by atoms with van der Waals surface area (Å²) in [4.78, 5) is 27.6. The number of carbonyl (C=O) groups is 2. The fourth-order valence-corrected chi connectivity index (χ4v) is 2.08. The fraction of sp³-hybridized carbons (Fsp3) is 0.750. The maximum absolute atomic E-state index is 11.9. The van der Waals surface area contributed by atoms with Crippen molar-refractivity contribution in [1.29, 1.82) is 0 Å². The van der Waals surface area contributed by atoms with E-state index in [9.17, 15) is 9.59 Å². The van der Waals surface area contributed by atoms with Crippen molar-refractivity contribution in [1.82, 2.24) is 10.6 Å². The van der Waals surface area contributed by atoms with Gasteiger partial charge in [0.05, 0.1) is 0 Å². The van der Waals surface area contributed by atoms with Crippen LogP contribution in [-0.4, -0.2) is 42.9 Å². The molecule has 0 aromatic carbocycles. The van der Waals surface area contributed by atoms with E-state index in [1.165, 1.54) is 0 Å². The van der Waals surface area contributed by atoms with Crippen molar-refractivity contribution in [3.8, 4) is 0 Å². The van der Waals surface area contributed by atoms with Gasteiger partial charge in [0.15, 0.2) is 5.96 Å². The van der Waals surface area contributed by atoms with Gasteiger partial charge in [0.2, 0.25) is 11.8 Å². The van der Waals surface area contributed by atoms with Gasteiger partial charge >= 0.3 is 0 Å². The number of guanidine groups is 1. The molecule has 0 aromatic rings. The largest absolute Gasteiger partial charge is 0.370 e. The van der Waals surface area contributed by atoms with E-state index in [4.69, 9.17) is 17.2 Å². The molecule has 8 heteroatoms. The summed E-state index contributed by atoms with van der Waals surface area (Å²) in [5.74, 6) is -0.248. The van der Waals surface area contributed by atoms with E-state index in [2.05, 4.69) is 15.6 Å². The Hall–Kier alpha value is -1.83. The summed E-state index contributed by atoms with van der Waals surface area (Å²) in [5.41, 5.74) is 15.8. The van der Waals surface area contributed by atoms with Crippen LogP contribution in [0, 0.1) is 0 Å². The molecular weight excluding hydrogens is 260 g/mol. The lowest BCUT2D eigenvalue weighted by molar-refractivity contribution is -0.137. The monoisotopic (exact) mass is 284 g/mol. The number of unbranched alkanes of at least 4 members (excludes halogenated alkanes) is 1. The van der Waals surface area contributed by atoms with Crippen molar-refractivity contribution >= 4 is 17.8 Å². The van der Waals surface area contributed by atoms with Gasteiger partial charge in [0.1, 0.15) is 12.1 Å². The van der Waals surface area contributed by atoms with Crippen LogP contribution < -0.4 is 27.8 Å². The highest BCUT2D eigenvalue weighted by atomic mass is 16.2. The van der Waals surface area contributed by atoms with Crippen LogP contribution in [0.3, 0.4) is 0 Å². The predicted molar refractivity (Wildman–Crippen MR) is 76.7 cm³/mol. The number of nitrogens with zero attached hydrogens (tertiary/aromatic N) is 1. The summed E-state index contributed by atoms with van der Waals surface area (Å²) in [7, 11) is 0. The molecule has 1 fully saturated rings. The summed E-state index contributed by atoms with van der Waals surface area (Å²) in [6.07, 6.45) is 3.44. The Morgan fingerprint density at radius 2 is 1.55 bits per heavy atom. The van der Waals surface area contributed by atoms with Gasteiger partial charge in [-0.1, -0.05) is 0 Å². The predicted octanol–water partition coefficient (Wildman–Crippen LogP) is -1.85. The molecule has 0 bridgehead atoms. The minimum absolute atomic E-state index is 0.0297. The minimum atomic E-state index is -0.498. The Morgan fingerprint density at radius 3 is 2.05 bits per heavy atom. The van der Waals surface area contributed by atoms with E-state index in [0.29, 0.717) is 32.4 Å². The van der Waals surface area contributed by atoms with Crippen molar-refractivity contribution in [2.45, 2.75) is 44.2 Å². The number of rotatable bonds is 8. The molecule has 0 aliphatic carbocycles. The van der Waals surface area contributed by atoms with Gasteiger partial charge in [0, 0.05) is 6.54 Å². The molecule has 8 nitrogen and oxygen atoms in total. The van der Waals surface area contributed by atoms with Gasteiger partial charge in [-0.15, -0.1) is 0 Å². The molecule has 2 unspecified atom stereocenters. The topological polar surface area (TPSA) is 149 Å². The number of nitrogens with one attached hydrogen (secondary N) is 2. The number of hydrogen-bond donors (Lipinski definition) is 5. The average molecular weight is 284 g/mol. The molecule has 0 radical (unpaired) electrons. The van der Waals surface area contributed by atoms with Crippen molar-refractivity contribution < 1.29 is 9.59 Å². The SMILES string of the molecule is NCCCCC1NC(=O)C(CCCN=C(N)N)NC1=O. The van der Waals surface area contributed by atoms with Crippen LogP contribution in [0.5, 0.6) is 0 Å². The summed E-state index contributed by atoms with van der Waals surface area (Å²) in [5, 5.41) is 5.49. The van der Waals surface area contributed by atoms with E-state index >= 15 is 0 Å². The second-order valence-electron chi connectivity index (χ2n) is 4.86. The molecule has 1 aliphatic heterocycles. The average Bonchev–Trinajstić information content (AvgIpc) is 2.39. The number of hydrogen-bond acceptors (Lipinski definition) is 4. The lowest BCUT2D eigenvalue weighted by Crippen LogP contribution is -2.61. The van der Waals surface area contributed by atoms with Gasteiger partial charge in [-0.25, -0.2) is 0 Å². The Morgan fingerprint density at radius 1 is 1.00 bits per heavy atom. The highest BCUT2D eigenvalue weighted by Gasteiger charge is 2.32. The molecule has 2 atom stereocenters. The second kappa shape index (κ2) is 8.36. The Labute approximate surface area is 118 Å². The first kappa shape index (κ1) is 16.2. The number of amides is 2. The van der Waals surface area contributed by atoms with Gasteiger partial charge < -0.3 is 27.8 Å². The molecule has 20 heavy (non-hydrogen) atoms. The number of piperazine rings is 1. The van der Waals surface area contributed by atoms with Crippen LogP contribution in [0.2, 0.25) is 0 Å². The van der Waals surface area contributed by atoms with Gasteiger partial charge in [-0.05, 0) is 38.6 Å². The maximum Gasteiger partial charge on any atom is 0.243 e. The third-order valence-corrected chi connectivity index (χ3v) is 3.16. The van der Waals surface area contributed by atoms with E-state index in [1.807, 2.05) is 0 Å². The zero-order chi connectivity index (χ0) is 15.0. The summed E-state index contributed by atoms with van der Waals surface area (Å²) >= 11 is 0. The molecule has 0 spiro atoms. The van der Waals surface area contributed by atoms with E-state index < -0.39 is 12.1 Å². The second-order valence-corrected chi connectivity index (χ2v) is 4.86. The number of nitrogens with two attached hydrogens (primary N) is 3. The van der Waals surface area contributed by atoms with Crippen molar-refractivity contribution in [2.75, 3.05) is 13.1 Å². The van der Waals surface area contributed by atoms with E-state index in [-0.39, 0.29) is 17.8 Å². The van der Waals surface area contributed by atoms with Crippen LogP contribution >= 0.6 is 0 Å². The quantitative estimate of drug-likeness (QED) is 0.201. The zero-order valence-corrected chi connectivity index (χ0v) is 11.6. The minimum Gasteiger partial charge on any atom is -0.370 e. The first-order chi connectivity index (χ1) is 9.54. The molecule has 0 aromatic heterocycles. The van der Waals surface area contributed by atoms with Crippen LogP contribution in [0.1, 0.15) is 32.1 Å². The molecule has 8 N–H and O–H groups in total. The molecule has 1 rings (SSSR count). The van der Waals surface area contributed by atoms with Crippen molar-refractivity contribution in [3.05, 3.63) is 0 Å². The van der Waals surface area contributed by atoms with Crippen LogP contribution in [0.4, 0.5) is 0 Å². The zero-order valence-electron chi connectivity index (χ0n) is 11.6. The standard InChI is InChI=1S/C12H24N6O2/c13-6-2-1-4-8-10(19)18-9(11(20)17-8)5-3-7-16-12(14)15/h8-9H,1-7,13H2,(H,17,20)(H,18,19)(H4,14,15,16). The molecule has 1 saturated heterocycles. The molecule has 114 valence electrons. The van der Waals surface area contributed by atoms with Gasteiger partial charge in [-0.2, -0.15) is 0 Å². The van der Waals surface area contributed by atoms with Crippen LogP contribution in [-0.2, 0) is 9.59 Å². The normalized spacial score (nSPS) is 22.1. The first-order valence-electron chi connectivity index (χ1n) is 6.90. The van der Waals surface area contributed by atoms with Gasteiger partial charge in [0.25, 0.3) is 0 Å². The summed E-state index contributed by atoms with van der Waals surface area (Å²) in [6.45, 7) is 1.04. The third-order valence-electron chi connectivity index (χ3n) is 3.16. The highest BCUT2D eigenvalue weighted by molar-refractivity contribution is 5.96. The number of carbonyl (C=O) groups excluding carboxylic acids is 2.